The van der Waals surface area contributed by atoms with Gasteiger partial charge in [0.15, 0.2) is 0 Å². The van der Waals surface area contributed by atoms with E-state index in [1.807, 2.05) is 0 Å². The van der Waals surface area contributed by atoms with Crippen LogP contribution in [-0.4, -0.2) is 255 Å². The zero-order chi connectivity index (χ0) is 50.5. The summed E-state index contributed by atoms with van der Waals surface area (Å²) in [4.78, 5) is 12.0. The molecule has 22 nitrogen and oxygen atoms in total. The summed E-state index contributed by atoms with van der Waals surface area (Å²) >= 11 is 0. The molecule has 0 aromatic rings. The molecule has 0 saturated carbocycles. The van der Waals surface area contributed by atoms with Crippen LogP contribution in [0.4, 0.5) is 0 Å². The minimum atomic E-state index is -1.06. The number of esters is 1. The largest absolute Gasteiger partial charge is 0.463 e. The Labute approximate surface area is 403 Å². The smallest absolute Gasteiger partial charge is 0.305 e. The van der Waals surface area contributed by atoms with Gasteiger partial charge in [0.2, 0.25) is 0 Å². The average molecular weight is 997 g/mol. The van der Waals surface area contributed by atoms with Gasteiger partial charge in [0.05, 0.1) is 126 Å². The molecule has 408 valence electrons. The number of aliphatic hydroxyl groups is 11. The molecule has 0 radical (unpaired) electrons. The molecule has 11 N–H and O–H groups in total. The van der Waals surface area contributed by atoms with E-state index in [1.165, 1.54) is 64.2 Å². The Morgan fingerprint density at radius 3 is 0.706 bits per heavy atom. The van der Waals surface area contributed by atoms with E-state index >= 15 is 0 Å². The Balaban J connectivity index is 3.72. The SMILES string of the molecule is CCCCCCCCCCCCCCCC(=O)OCC(O)COCC(O)COCC(O)COCC(O)COCC(O)COCC(O)COCC(O)COCC(O)COCC(O)COCC(O)CO. The minimum Gasteiger partial charge on any atom is -0.463 e. The van der Waals surface area contributed by atoms with Crippen LogP contribution < -0.4 is 0 Å². The molecule has 0 fully saturated rings. The lowest BCUT2D eigenvalue weighted by Gasteiger charge is -2.18. The quantitative estimate of drug-likeness (QED) is 0.0251. The summed E-state index contributed by atoms with van der Waals surface area (Å²) in [6.07, 6.45) is 5.73. The molecular weight excluding hydrogens is 904 g/mol. The Hall–Kier alpha value is -1.33. The van der Waals surface area contributed by atoms with Gasteiger partial charge in [-0.3, -0.25) is 4.79 Å². The van der Waals surface area contributed by atoms with Gasteiger partial charge < -0.3 is 104 Å². The summed E-state index contributed by atoms with van der Waals surface area (Å²) in [5.41, 5.74) is 0. The highest BCUT2D eigenvalue weighted by molar-refractivity contribution is 5.69. The van der Waals surface area contributed by atoms with Gasteiger partial charge in [-0.25, -0.2) is 0 Å². The van der Waals surface area contributed by atoms with E-state index in [0.717, 1.165) is 19.3 Å². The van der Waals surface area contributed by atoms with Crippen molar-refractivity contribution in [3.8, 4) is 0 Å². The maximum Gasteiger partial charge on any atom is 0.305 e. The average Bonchev–Trinajstić information content (AvgIpc) is 3.29. The van der Waals surface area contributed by atoms with Crippen molar-refractivity contribution < 1.29 is 108 Å². The van der Waals surface area contributed by atoms with Gasteiger partial charge in [-0.15, -0.1) is 0 Å². The van der Waals surface area contributed by atoms with Crippen LogP contribution >= 0.6 is 0 Å². The maximum absolute atomic E-state index is 12.0. The van der Waals surface area contributed by atoms with Crippen molar-refractivity contribution in [2.75, 3.05) is 132 Å². The highest BCUT2D eigenvalue weighted by atomic mass is 16.6. The van der Waals surface area contributed by atoms with E-state index in [0.29, 0.717) is 6.42 Å². The first-order chi connectivity index (χ1) is 32.7. The highest BCUT2D eigenvalue weighted by Gasteiger charge is 2.16. The number of unbranched alkanes of at least 4 members (excludes halogenated alkanes) is 12. The standard InChI is InChI=1S/C46H92O22/c1-2-3-4-5-6-7-8-9-10-11-12-13-14-15-46(58)68-35-45(57)34-67-33-44(56)32-66-31-43(55)30-65-29-42(54)28-64-27-41(53)26-63-25-40(52)24-62-23-39(51)22-61-21-38(50)20-60-19-37(49)18-59-17-36(48)16-47/h36-45,47-57H,2-35H2,1H3. The lowest BCUT2D eigenvalue weighted by atomic mass is 10.0. The predicted molar refractivity (Wildman–Crippen MR) is 246 cm³/mol. The van der Waals surface area contributed by atoms with Crippen molar-refractivity contribution in [3.63, 3.8) is 0 Å². The topological polar surface area (TPSA) is 332 Å². The van der Waals surface area contributed by atoms with Gasteiger partial charge in [0, 0.05) is 6.42 Å². The first-order valence-electron chi connectivity index (χ1n) is 24.5. The molecule has 0 heterocycles. The van der Waals surface area contributed by atoms with Crippen molar-refractivity contribution in [1.82, 2.24) is 0 Å². The Morgan fingerprint density at radius 2 is 0.485 bits per heavy atom. The predicted octanol–water partition coefficient (Wildman–Crippen LogP) is -1.24. The molecule has 22 heteroatoms. The van der Waals surface area contributed by atoms with Crippen LogP contribution in [-0.2, 0) is 52.2 Å². The molecule has 0 rings (SSSR count). The minimum absolute atomic E-state index is 0.125. The molecule has 0 bridgehead atoms. The number of carbonyl (C=O) groups is 1. The van der Waals surface area contributed by atoms with Crippen LogP contribution in [0.2, 0.25) is 0 Å². The summed E-state index contributed by atoms with van der Waals surface area (Å²) in [6.45, 7) is -1.32. The van der Waals surface area contributed by atoms with Crippen LogP contribution in [0.25, 0.3) is 0 Å². The second-order valence-corrected chi connectivity index (χ2v) is 17.2. The van der Waals surface area contributed by atoms with Crippen molar-refractivity contribution in [2.45, 2.75) is 158 Å². The second-order valence-electron chi connectivity index (χ2n) is 17.2. The number of hydrogen-bond donors (Lipinski definition) is 11. The molecule has 0 aromatic heterocycles. The third-order valence-corrected chi connectivity index (χ3v) is 9.72. The Morgan fingerprint density at radius 1 is 0.294 bits per heavy atom. The van der Waals surface area contributed by atoms with Gasteiger partial charge in [-0.05, 0) is 6.42 Å². The maximum atomic E-state index is 12.0. The molecule has 10 unspecified atom stereocenters. The molecule has 0 saturated heterocycles. The van der Waals surface area contributed by atoms with Crippen molar-refractivity contribution >= 4 is 5.97 Å². The number of rotatable bonds is 53. The number of hydrogen-bond acceptors (Lipinski definition) is 22. The second kappa shape index (κ2) is 48.0. The number of aliphatic hydroxyl groups excluding tert-OH is 11. The van der Waals surface area contributed by atoms with Crippen LogP contribution in [0.5, 0.6) is 0 Å². The van der Waals surface area contributed by atoms with Crippen LogP contribution in [0.15, 0.2) is 0 Å². The fourth-order valence-corrected chi connectivity index (χ4v) is 6.10. The first kappa shape index (κ1) is 66.7. The van der Waals surface area contributed by atoms with E-state index in [-0.39, 0.29) is 132 Å². The Bertz CT molecular complexity index is 1070. The van der Waals surface area contributed by atoms with Crippen molar-refractivity contribution in [3.05, 3.63) is 0 Å². The number of carbonyl (C=O) groups excluding carboxylic acids is 1. The molecule has 10 atom stereocenters. The normalized spacial score (nSPS) is 16.5. The fraction of sp³-hybridized carbons (Fsp3) is 0.978. The molecule has 0 aliphatic rings. The first-order valence-corrected chi connectivity index (χ1v) is 24.5. The van der Waals surface area contributed by atoms with Crippen molar-refractivity contribution in [2.24, 2.45) is 0 Å². The van der Waals surface area contributed by atoms with Crippen LogP contribution in [0.1, 0.15) is 96.8 Å². The fourth-order valence-electron chi connectivity index (χ4n) is 6.10. The zero-order valence-corrected chi connectivity index (χ0v) is 40.7. The van der Waals surface area contributed by atoms with E-state index in [2.05, 4.69) is 6.92 Å². The molecule has 0 aliphatic carbocycles. The van der Waals surface area contributed by atoms with Crippen LogP contribution in [0.3, 0.4) is 0 Å². The molecule has 0 spiro atoms. The summed E-state index contributed by atoms with van der Waals surface area (Å²) in [5, 5.41) is 108. The van der Waals surface area contributed by atoms with Crippen molar-refractivity contribution in [1.29, 1.82) is 0 Å². The van der Waals surface area contributed by atoms with Crippen LogP contribution in [0, 0.1) is 0 Å². The Kier molecular flexibility index (Phi) is 47.0. The van der Waals surface area contributed by atoms with E-state index < -0.39 is 67.6 Å². The number of ether oxygens (including phenoxy) is 10. The van der Waals surface area contributed by atoms with Gasteiger partial charge in [-0.2, -0.15) is 0 Å². The zero-order valence-electron chi connectivity index (χ0n) is 40.7. The van der Waals surface area contributed by atoms with Gasteiger partial charge in [0.25, 0.3) is 0 Å². The van der Waals surface area contributed by atoms with E-state index in [1.54, 1.807) is 0 Å². The summed E-state index contributed by atoms with van der Waals surface area (Å²) in [5.74, 6) is -0.358. The van der Waals surface area contributed by atoms with E-state index in [4.69, 9.17) is 52.5 Å². The monoisotopic (exact) mass is 997 g/mol. The van der Waals surface area contributed by atoms with E-state index in [9.17, 15) is 55.9 Å². The lowest BCUT2D eigenvalue weighted by molar-refractivity contribution is -0.148. The molecule has 0 aromatic carbocycles. The lowest BCUT2D eigenvalue weighted by Crippen LogP contribution is -2.32. The summed E-state index contributed by atoms with van der Waals surface area (Å²) in [7, 11) is 0. The molecule has 68 heavy (non-hydrogen) atoms. The third kappa shape index (κ3) is 47.0. The van der Waals surface area contributed by atoms with Gasteiger partial charge in [-0.1, -0.05) is 84.0 Å². The molecule has 0 aliphatic heterocycles. The highest BCUT2D eigenvalue weighted by Crippen LogP contribution is 2.13. The summed E-state index contributed by atoms with van der Waals surface area (Å²) in [6, 6.07) is 0. The third-order valence-electron chi connectivity index (χ3n) is 9.72. The molecule has 0 amide bonds. The van der Waals surface area contributed by atoms with Gasteiger partial charge in [0.1, 0.15) is 67.6 Å². The summed E-state index contributed by atoms with van der Waals surface area (Å²) < 4.78 is 52.1. The van der Waals surface area contributed by atoms with Gasteiger partial charge >= 0.3 is 5.97 Å². The molecular formula is C46H92O22.